The Morgan fingerprint density at radius 2 is 2.07 bits per heavy atom. The van der Waals surface area contributed by atoms with Gasteiger partial charge in [-0.05, 0) is 36.8 Å². The molecule has 0 aromatic heterocycles. The maximum atomic E-state index is 12.3. The number of nitrogens with one attached hydrogen (secondary N) is 1. The van der Waals surface area contributed by atoms with Gasteiger partial charge in [-0.15, -0.1) is 0 Å². The number of nitro groups is 1. The molecular weight excluding hydrogens is 458 g/mol. The molecule has 0 spiro atoms. The molecule has 2 amide bonds. The zero-order valence-corrected chi connectivity index (χ0v) is 17.5. The van der Waals surface area contributed by atoms with Crippen LogP contribution >= 0.6 is 15.9 Å². The Labute approximate surface area is 180 Å². The molecule has 1 saturated heterocycles. The number of nitrogens with zero attached hydrogens (tertiary/aromatic N) is 2. The van der Waals surface area contributed by atoms with E-state index in [0.717, 1.165) is 10.0 Å². The summed E-state index contributed by atoms with van der Waals surface area (Å²) in [6.45, 7) is 1.39. The molecule has 1 atom stereocenters. The minimum absolute atomic E-state index is 0.0340. The van der Waals surface area contributed by atoms with Crippen molar-refractivity contribution in [1.29, 1.82) is 0 Å². The van der Waals surface area contributed by atoms with Crippen molar-refractivity contribution in [3.05, 3.63) is 62.6 Å². The topological polar surface area (TPSA) is 119 Å². The second-order valence-electron chi connectivity index (χ2n) is 6.80. The van der Waals surface area contributed by atoms with Crippen molar-refractivity contribution in [2.45, 2.75) is 13.3 Å². The molecule has 0 aliphatic carbocycles. The molecule has 30 heavy (non-hydrogen) atoms. The van der Waals surface area contributed by atoms with Gasteiger partial charge in [-0.3, -0.25) is 24.5 Å². The van der Waals surface area contributed by atoms with E-state index in [1.807, 2.05) is 13.0 Å². The molecule has 2 aromatic carbocycles. The summed E-state index contributed by atoms with van der Waals surface area (Å²) in [5.74, 6) is -2.25. The van der Waals surface area contributed by atoms with Gasteiger partial charge in [0.25, 0.3) is 11.6 Å². The zero-order valence-electron chi connectivity index (χ0n) is 16.0. The molecule has 1 aliphatic heterocycles. The third-order valence-corrected chi connectivity index (χ3v) is 5.11. The number of rotatable bonds is 6. The van der Waals surface area contributed by atoms with Crippen LogP contribution in [0.25, 0.3) is 0 Å². The van der Waals surface area contributed by atoms with Crippen molar-refractivity contribution in [3.8, 4) is 0 Å². The molecule has 156 valence electrons. The fourth-order valence-electron chi connectivity index (χ4n) is 3.10. The molecule has 1 aliphatic rings. The number of ether oxygens (including phenoxy) is 1. The van der Waals surface area contributed by atoms with Gasteiger partial charge < -0.3 is 15.0 Å². The second kappa shape index (κ2) is 9.04. The number of nitro benzene ring substituents is 1. The van der Waals surface area contributed by atoms with Crippen LogP contribution in [0.4, 0.5) is 17.1 Å². The lowest BCUT2D eigenvalue weighted by molar-refractivity contribution is -0.384. The van der Waals surface area contributed by atoms with Gasteiger partial charge in [0.15, 0.2) is 6.61 Å². The largest absolute Gasteiger partial charge is 0.455 e. The van der Waals surface area contributed by atoms with Gasteiger partial charge in [0.05, 0.1) is 16.5 Å². The van der Waals surface area contributed by atoms with Crippen molar-refractivity contribution in [3.63, 3.8) is 0 Å². The van der Waals surface area contributed by atoms with E-state index < -0.39 is 29.3 Å². The molecule has 0 radical (unpaired) electrons. The molecule has 10 heteroatoms. The average molecular weight is 476 g/mol. The van der Waals surface area contributed by atoms with Gasteiger partial charge in [-0.2, -0.15) is 0 Å². The number of hydrogen-bond donors (Lipinski definition) is 1. The van der Waals surface area contributed by atoms with E-state index in [9.17, 15) is 24.5 Å². The fourth-order valence-corrected chi connectivity index (χ4v) is 3.57. The SMILES string of the molecule is Cc1cc(Br)ccc1NC(=O)COC(=O)[C@H]1CC(=O)N(c2cccc([N+](=O)[O-])c2)C1. The van der Waals surface area contributed by atoms with Gasteiger partial charge in [-0.1, -0.05) is 22.0 Å². The molecule has 0 bridgehead atoms. The van der Waals surface area contributed by atoms with Gasteiger partial charge in [0.1, 0.15) is 0 Å². The van der Waals surface area contributed by atoms with E-state index in [1.54, 1.807) is 18.2 Å². The number of hydrogen-bond acceptors (Lipinski definition) is 6. The first-order chi connectivity index (χ1) is 14.2. The van der Waals surface area contributed by atoms with E-state index >= 15 is 0 Å². The molecule has 1 fully saturated rings. The Morgan fingerprint density at radius 1 is 1.30 bits per heavy atom. The Balaban J connectivity index is 1.56. The smallest absolute Gasteiger partial charge is 0.311 e. The summed E-state index contributed by atoms with van der Waals surface area (Å²) in [5, 5.41) is 13.6. The number of esters is 1. The molecule has 1 N–H and O–H groups in total. The fraction of sp³-hybridized carbons (Fsp3) is 0.250. The van der Waals surface area contributed by atoms with Crippen LogP contribution in [-0.2, 0) is 19.1 Å². The number of aryl methyl sites for hydroxylation is 1. The number of halogens is 1. The maximum Gasteiger partial charge on any atom is 0.311 e. The highest BCUT2D eigenvalue weighted by Gasteiger charge is 2.36. The van der Waals surface area contributed by atoms with Crippen LogP contribution in [0.15, 0.2) is 46.9 Å². The van der Waals surface area contributed by atoms with Gasteiger partial charge >= 0.3 is 5.97 Å². The van der Waals surface area contributed by atoms with Crippen molar-refractivity contribution >= 4 is 50.8 Å². The van der Waals surface area contributed by atoms with Crippen molar-refractivity contribution in [1.82, 2.24) is 0 Å². The van der Waals surface area contributed by atoms with Crippen LogP contribution in [0.2, 0.25) is 0 Å². The molecule has 1 heterocycles. The molecule has 9 nitrogen and oxygen atoms in total. The van der Waals surface area contributed by atoms with Gasteiger partial charge in [-0.25, -0.2) is 0 Å². The van der Waals surface area contributed by atoms with Gasteiger partial charge in [0.2, 0.25) is 5.91 Å². The van der Waals surface area contributed by atoms with E-state index in [4.69, 9.17) is 4.74 Å². The minimum Gasteiger partial charge on any atom is -0.455 e. The molecule has 0 saturated carbocycles. The number of benzene rings is 2. The summed E-state index contributed by atoms with van der Waals surface area (Å²) >= 11 is 3.34. The lowest BCUT2D eigenvalue weighted by atomic mass is 10.1. The molecular formula is C20H18BrN3O6. The van der Waals surface area contributed by atoms with E-state index in [-0.39, 0.29) is 24.6 Å². The maximum absolute atomic E-state index is 12.3. The predicted octanol–water partition coefficient (Wildman–Crippen LogP) is 3.20. The minimum atomic E-state index is -0.751. The third kappa shape index (κ3) is 5.01. The third-order valence-electron chi connectivity index (χ3n) is 4.62. The van der Waals surface area contributed by atoms with Crippen molar-refractivity contribution in [2.75, 3.05) is 23.4 Å². The number of non-ortho nitro benzene ring substituents is 1. The summed E-state index contributed by atoms with van der Waals surface area (Å²) in [7, 11) is 0. The van der Waals surface area contributed by atoms with Crippen LogP contribution in [0.5, 0.6) is 0 Å². The molecule has 3 rings (SSSR count). The normalized spacial score (nSPS) is 15.7. The molecule has 2 aromatic rings. The highest BCUT2D eigenvalue weighted by Crippen LogP contribution is 2.28. The lowest BCUT2D eigenvalue weighted by Crippen LogP contribution is -2.28. The van der Waals surface area contributed by atoms with Gasteiger partial charge in [0, 0.05) is 35.3 Å². The quantitative estimate of drug-likeness (QED) is 0.389. The first-order valence-electron chi connectivity index (χ1n) is 9.02. The van der Waals surface area contributed by atoms with Crippen LogP contribution in [0, 0.1) is 23.0 Å². The summed E-state index contributed by atoms with van der Waals surface area (Å²) < 4.78 is 5.95. The van der Waals surface area contributed by atoms with Crippen LogP contribution < -0.4 is 10.2 Å². The van der Waals surface area contributed by atoms with Crippen molar-refractivity contribution in [2.24, 2.45) is 5.92 Å². The molecule has 0 unspecified atom stereocenters. The van der Waals surface area contributed by atoms with E-state index in [1.165, 1.54) is 23.1 Å². The average Bonchev–Trinajstić information content (AvgIpc) is 3.10. The summed E-state index contributed by atoms with van der Waals surface area (Å²) in [5.41, 5.74) is 1.64. The first-order valence-corrected chi connectivity index (χ1v) is 9.81. The number of carbonyl (C=O) groups excluding carboxylic acids is 3. The van der Waals surface area contributed by atoms with Crippen LogP contribution in [0.3, 0.4) is 0 Å². The lowest BCUT2D eigenvalue weighted by Gasteiger charge is -2.16. The number of carbonyl (C=O) groups is 3. The highest BCUT2D eigenvalue weighted by molar-refractivity contribution is 9.10. The monoisotopic (exact) mass is 475 g/mol. The van der Waals surface area contributed by atoms with E-state index in [0.29, 0.717) is 11.4 Å². The predicted molar refractivity (Wildman–Crippen MR) is 112 cm³/mol. The van der Waals surface area contributed by atoms with Crippen LogP contribution in [0.1, 0.15) is 12.0 Å². The summed E-state index contributed by atoms with van der Waals surface area (Å²) in [4.78, 5) is 48.4. The summed E-state index contributed by atoms with van der Waals surface area (Å²) in [6.07, 6.45) is -0.0883. The summed E-state index contributed by atoms with van der Waals surface area (Å²) in [6, 6.07) is 11.0. The Kier molecular flexibility index (Phi) is 6.46. The standard InChI is InChI=1S/C20H18BrN3O6/c1-12-7-14(21)5-6-17(12)22-18(25)11-30-20(27)13-8-19(26)23(10-13)15-3-2-4-16(9-15)24(28)29/h2-7,9,13H,8,10-11H2,1H3,(H,22,25)/t13-/m0/s1. The first kappa shape index (κ1) is 21.4. The number of anilines is 2. The number of amides is 2. The Bertz CT molecular complexity index is 1030. The van der Waals surface area contributed by atoms with Crippen molar-refractivity contribution < 1.29 is 24.0 Å². The Morgan fingerprint density at radius 3 is 2.77 bits per heavy atom. The zero-order chi connectivity index (χ0) is 21.8. The highest BCUT2D eigenvalue weighted by atomic mass is 79.9. The van der Waals surface area contributed by atoms with E-state index in [2.05, 4.69) is 21.2 Å². The Hall–Kier alpha value is -3.27. The van der Waals surface area contributed by atoms with Crippen LogP contribution in [-0.4, -0.2) is 35.9 Å². The second-order valence-corrected chi connectivity index (χ2v) is 7.71.